The van der Waals surface area contributed by atoms with Crippen LogP contribution in [0.1, 0.15) is 22.4 Å². The minimum atomic E-state index is -0.564. The summed E-state index contributed by atoms with van der Waals surface area (Å²) in [6, 6.07) is 23.5. The predicted octanol–water partition coefficient (Wildman–Crippen LogP) is 4.19. The average Bonchev–Trinajstić information content (AvgIpc) is 3.06. The molecule has 32 heavy (non-hydrogen) atoms. The highest BCUT2D eigenvalue weighted by Gasteiger charge is 2.13. The molecule has 5 aromatic rings. The zero-order valence-corrected chi connectivity index (χ0v) is 17.9. The first-order valence-electron chi connectivity index (χ1n) is 10.4. The van der Waals surface area contributed by atoms with E-state index in [9.17, 15) is 9.59 Å². The molecule has 6 heteroatoms. The number of aryl methyl sites for hydroxylation is 1. The van der Waals surface area contributed by atoms with Gasteiger partial charge in [0.25, 0.3) is 5.56 Å². The van der Waals surface area contributed by atoms with Gasteiger partial charge in [0.05, 0.1) is 17.1 Å². The molecule has 0 radical (unpaired) electrons. The molecule has 0 saturated heterocycles. The molecule has 0 saturated carbocycles. The molecule has 1 N–H and O–H groups in total. The molecule has 0 spiro atoms. The van der Waals surface area contributed by atoms with E-state index in [0.717, 1.165) is 33.4 Å². The van der Waals surface area contributed by atoms with Gasteiger partial charge in [0.2, 0.25) is 0 Å². The van der Waals surface area contributed by atoms with Gasteiger partial charge in [-0.3, -0.25) is 4.79 Å². The van der Waals surface area contributed by atoms with Gasteiger partial charge in [-0.25, -0.2) is 4.79 Å². The molecule has 0 unspecified atom stereocenters. The number of fused-ring (bicyclic) bond motifs is 2. The Morgan fingerprint density at radius 1 is 0.875 bits per heavy atom. The van der Waals surface area contributed by atoms with E-state index in [1.54, 1.807) is 30.5 Å². The van der Waals surface area contributed by atoms with Crippen LogP contribution in [0.25, 0.3) is 21.8 Å². The number of nitrogens with one attached hydrogen (secondary N) is 1. The van der Waals surface area contributed by atoms with Gasteiger partial charge in [-0.05, 0) is 37.6 Å². The summed E-state index contributed by atoms with van der Waals surface area (Å²) in [5, 5.41) is 5.73. The van der Waals surface area contributed by atoms with Gasteiger partial charge < -0.3 is 9.55 Å². The summed E-state index contributed by atoms with van der Waals surface area (Å²) in [5.41, 5.74) is 4.89. The fourth-order valence-corrected chi connectivity index (χ4v) is 4.07. The monoisotopic (exact) mass is 422 g/mol. The van der Waals surface area contributed by atoms with E-state index in [2.05, 4.69) is 51.9 Å². The van der Waals surface area contributed by atoms with Crippen molar-refractivity contribution >= 4 is 28.0 Å². The third-order valence-corrected chi connectivity index (χ3v) is 5.83. The molecule has 0 bridgehead atoms. The Morgan fingerprint density at radius 2 is 1.56 bits per heavy atom. The lowest BCUT2D eigenvalue weighted by atomic mass is 10.1. The summed E-state index contributed by atoms with van der Waals surface area (Å²) in [5.74, 6) is 0. The standard InChI is InChI=1S/C26H22N4O2/c1-17-11-13-19(14-12-17)16-29-18(2)22(20-7-4-6-10-24(20)29)15-27-30-25(31)21-8-3-5-9-23(21)28-26(30)32/h3-15H,16H2,1-2H3,(H,28,32). The van der Waals surface area contributed by atoms with Crippen LogP contribution in [0.5, 0.6) is 0 Å². The largest absolute Gasteiger partial charge is 0.349 e. The van der Waals surface area contributed by atoms with Crippen LogP contribution in [0, 0.1) is 13.8 Å². The van der Waals surface area contributed by atoms with Crippen molar-refractivity contribution in [3.05, 3.63) is 116 Å². The minimum Gasteiger partial charge on any atom is -0.340 e. The highest BCUT2D eigenvalue weighted by Crippen LogP contribution is 2.25. The van der Waals surface area contributed by atoms with Crippen molar-refractivity contribution in [2.24, 2.45) is 5.10 Å². The summed E-state index contributed by atoms with van der Waals surface area (Å²) in [6.45, 7) is 4.82. The van der Waals surface area contributed by atoms with E-state index in [-0.39, 0.29) is 0 Å². The van der Waals surface area contributed by atoms with Crippen LogP contribution in [0.3, 0.4) is 0 Å². The van der Waals surface area contributed by atoms with Crippen LogP contribution in [-0.4, -0.2) is 20.4 Å². The number of nitrogens with zero attached hydrogens (tertiary/aromatic N) is 3. The van der Waals surface area contributed by atoms with Crippen molar-refractivity contribution in [2.75, 3.05) is 0 Å². The van der Waals surface area contributed by atoms with Gasteiger partial charge in [-0.15, -0.1) is 4.68 Å². The smallest absolute Gasteiger partial charge is 0.340 e. The highest BCUT2D eigenvalue weighted by atomic mass is 16.2. The van der Waals surface area contributed by atoms with Crippen LogP contribution in [0.2, 0.25) is 0 Å². The van der Waals surface area contributed by atoms with E-state index in [0.29, 0.717) is 10.9 Å². The van der Waals surface area contributed by atoms with E-state index < -0.39 is 11.2 Å². The number of para-hydroxylation sites is 2. The predicted molar refractivity (Wildman–Crippen MR) is 129 cm³/mol. The quantitative estimate of drug-likeness (QED) is 0.441. The zero-order chi connectivity index (χ0) is 22.2. The van der Waals surface area contributed by atoms with E-state index in [1.165, 1.54) is 11.1 Å². The van der Waals surface area contributed by atoms with Crippen LogP contribution < -0.4 is 11.2 Å². The normalized spacial score (nSPS) is 11.7. The lowest BCUT2D eigenvalue weighted by Gasteiger charge is -2.09. The molecule has 0 aliphatic heterocycles. The number of rotatable bonds is 4. The molecular weight excluding hydrogens is 400 g/mol. The Labute approximate surface area is 184 Å². The Balaban J connectivity index is 1.63. The second-order valence-corrected chi connectivity index (χ2v) is 7.93. The molecular formula is C26H22N4O2. The van der Waals surface area contributed by atoms with Crippen LogP contribution >= 0.6 is 0 Å². The zero-order valence-electron chi connectivity index (χ0n) is 17.9. The lowest BCUT2D eigenvalue weighted by molar-refractivity contribution is 0.770. The van der Waals surface area contributed by atoms with Crippen LogP contribution in [-0.2, 0) is 6.54 Å². The molecule has 2 heterocycles. The highest BCUT2D eigenvalue weighted by molar-refractivity contribution is 6.01. The second kappa shape index (κ2) is 7.81. The van der Waals surface area contributed by atoms with E-state index in [1.807, 2.05) is 25.1 Å². The molecule has 0 atom stereocenters. The maximum Gasteiger partial charge on any atom is 0.349 e. The summed E-state index contributed by atoms with van der Waals surface area (Å²) >= 11 is 0. The van der Waals surface area contributed by atoms with E-state index >= 15 is 0 Å². The number of hydrogen-bond acceptors (Lipinski definition) is 3. The van der Waals surface area contributed by atoms with Gasteiger partial charge in [-0.1, -0.05) is 60.2 Å². The topological polar surface area (TPSA) is 72.2 Å². The summed E-state index contributed by atoms with van der Waals surface area (Å²) in [7, 11) is 0. The van der Waals surface area contributed by atoms with E-state index in [4.69, 9.17) is 0 Å². The Morgan fingerprint density at radius 3 is 2.34 bits per heavy atom. The molecule has 3 aromatic carbocycles. The first-order chi connectivity index (χ1) is 15.5. The van der Waals surface area contributed by atoms with Gasteiger partial charge in [0.15, 0.2) is 0 Å². The number of hydrogen-bond donors (Lipinski definition) is 1. The fourth-order valence-electron chi connectivity index (χ4n) is 4.07. The van der Waals surface area contributed by atoms with Gasteiger partial charge in [0.1, 0.15) is 0 Å². The van der Waals surface area contributed by atoms with Crippen molar-refractivity contribution in [1.29, 1.82) is 0 Å². The van der Waals surface area contributed by atoms with Crippen molar-refractivity contribution in [2.45, 2.75) is 20.4 Å². The van der Waals surface area contributed by atoms with Crippen molar-refractivity contribution in [1.82, 2.24) is 14.2 Å². The van der Waals surface area contributed by atoms with Gasteiger partial charge >= 0.3 is 5.69 Å². The minimum absolute atomic E-state index is 0.419. The number of H-pyrrole nitrogens is 1. The average molecular weight is 422 g/mol. The number of aromatic amines is 1. The van der Waals surface area contributed by atoms with Crippen molar-refractivity contribution in [3.63, 3.8) is 0 Å². The second-order valence-electron chi connectivity index (χ2n) is 7.93. The van der Waals surface area contributed by atoms with Crippen molar-refractivity contribution in [3.8, 4) is 0 Å². The molecule has 2 aromatic heterocycles. The van der Waals surface area contributed by atoms with Crippen LogP contribution in [0.15, 0.2) is 87.5 Å². The molecule has 0 aliphatic carbocycles. The first-order valence-corrected chi connectivity index (χ1v) is 10.4. The molecule has 5 rings (SSSR count). The summed E-state index contributed by atoms with van der Waals surface area (Å²) in [4.78, 5) is 28.0. The first kappa shape index (κ1) is 19.8. The SMILES string of the molecule is Cc1ccc(Cn2c(C)c(C=Nn3c(=O)[nH]c4ccccc4c3=O)c3ccccc32)cc1. The maximum atomic E-state index is 12.8. The fraction of sp³-hybridized carbons (Fsp3) is 0.115. The maximum absolute atomic E-state index is 12.8. The Hall–Kier alpha value is -4.19. The molecule has 0 aliphatic rings. The molecule has 158 valence electrons. The van der Waals surface area contributed by atoms with Gasteiger partial charge in [0, 0.05) is 28.7 Å². The Kier molecular flexibility index (Phi) is 4.82. The molecule has 6 nitrogen and oxygen atoms in total. The van der Waals surface area contributed by atoms with Crippen LogP contribution in [0.4, 0.5) is 0 Å². The van der Waals surface area contributed by atoms with Crippen molar-refractivity contribution < 1.29 is 0 Å². The summed E-state index contributed by atoms with van der Waals surface area (Å²) < 4.78 is 3.11. The third kappa shape index (κ3) is 3.36. The Bertz CT molecular complexity index is 1600. The number of aromatic nitrogens is 3. The summed E-state index contributed by atoms with van der Waals surface area (Å²) in [6.07, 6.45) is 1.61. The number of benzene rings is 3. The van der Waals surface area contributed by atoms with Gasteiger partial charge in [-0.2, -0.15) is 5.10 Å². The lowest BCUT2D eigenvalue weighted by Crippen LogP contribution is -2.32. The molecule has 0 fully saturated rings. The molecule has 0 amide bonds. The third-order valence-electron chi connectivity index (χ3n) is 5.83.